The Morgan fingerprint density at radius 3 is 2.20 bits per heavy atom. The highest BCUT2D eigenvalue weighted by Gasteiger charge is 1.66. The van der Waals surface area contributed by atoms with Gasteiger partial charge < -0.3 is 5.11 Å². The Bertz CT molecular complexity index is 47.6. The lowest BCUT2D eigenvalue weighted by atomic mass is 11.7. The van der Waals surface area contributed by atoms with Crippen molar-refractivity contribution in [1.82, 2.24) is 0 Å². The molecule has 3 heteroatoms. The van der Waals surface area contributed by atoms with Crippen LogP contribution in [0.2, 0.25) is 0 Å². The van der Waals surface area contributed by atoms with Crippen molar-refractivity contribution in [3.8, 4) is 0 Å². The number of hydrogen-bond donors (Lipinski definition) is 2. The summed E-state index contributed by atoms with van der Waals surface area (Å²) in [5.41, 5.74) is 0. The summed E-state index contributed by atoms with van der Waals surface area (Å²) in [6.07, 6.45) is 1.75. The van der Waals surface area contributed by atoms with Gasteiger partial charge in [0.1, 0.15) is 0 Å². The van der Waals surface area contributed by atoms with E-state index in [0.717, 1.165) is 11.4 Å². The number of aliphatic hydroxyl groups is 1. The lowest BCUT2D eigenvalue weighted by Crippen LogP contribution is -1.70. The topological polar surface area (TPSA) is 20.2 Å². The fraction of sp³-hybridized carbons (Fsp3) is 0.500. The molecule has 0 rings (SSSR count). The second kappa shape index (κ2) is 2.69. The number of rotatable bonds is 0. The third-order valence-electron chi connectivity index (χ3n) is 0.185. The van der Waals surface area contributed by atoms with Crippen molar-refractivity contribution in [1.29, 1.82) is 0 Å². The predicted octanol–water partition coefficient (Wildman–Crippen LogP) is 0.966. The molecule has 0 atom stereocenters. The number of halogens is 1. The van der Waals surface area contributed by atoms with Crippen molar-refractivity contribution in [2.45, 2.75) is 0 Å². The first-order valence-electron chi connectivity index (χ1n) is 1.08. The minimum atomic E-state index is -0.0509. The van der Waals surface area contributed by atoms with E-state index in [-0.39, 0.29) is 4.51 Å². The molecule has 0 spiro atoms. The average molecular weight is 113 g/mol. The van der Waals surface area contributed by atoms with Crippen molar-refractivity contribution >= 4 is 27.5 Å². The molecule has 0 amide bonds. The second-order valence-corrected chi connectivity index (χ2v) is 1.99. The van der Waals surface area contributed by atoms with E-state index in [0.29, 0.717) is 0 Å². The third-order valence-corrected chi connectivity index (χ3v) is 1.06. The van der Waals surface area contributed by atoms with Gasteiger partial charge in [-0.3, -0.25) is 0 Å². The molecule has 0 aromatic heterocycles. The summed E-state index contributed by atoms with van der Waals surface area (Å²) < 4.78 is -0.0509. The Hall–Kier alpha value is 0.470. The van der Waals surface area contributed by atoms with Crippen LogP contribution in [0.1, 0.15) is 0 Å². The Labute approximate surface area is 39.5 Å². The van der Waals surface area contributed by atoms with Crippen LogP contribution in [0, 0.1) is 0 Å². The highest BCUT2D eigenvalue weighted by Crippen LogP contribution is 1.82. The minimum Gasteiger partial charge on any atom is -0.346 e. The molecular formula is C2H5ClOS. The molecule has 0 bridgehead atoms. The summed E-state index contributed by atoms with van der Waals surface area (Å²) >= 11 is 5.66. The zero-order chi connectivity index (χ0) is 4.28. The van der Waals surface area contributed by atoms with Crippen LogP contribution >= 0.6 is 23.0 Å². The van der Waals surface area contributed by atoms with Crippen molar-refractivity contribution in [2.75, 3.05) is 6.26 Å². The van der Waals surface area contributed by atoms with E-state index >= 15 is 0 Å². The quantitative estimate of drug-likeness (QED) is 0.272. The molecule has 0 aliphatic carbocycles. The maximum absolute atomic E-state index is 8.03. The van der Waals surface area contributed by atoms with E-state index in [1.165, 1.54) is 0 Å². The molecule has 0 unspecified atom stereocenters. The minimum absolute atomic E-state index is 0.0509. The molecule has 0 saturated carbocycles. The lowest BCUT2D eigenvalue weighted by molar-refractivity contribution is 0.583. The van der Waals surface area contributed by atoms with Gasteiger partial charge in [-0.05, 0) is 6.26 Å². The van der Waals surface area contributed by atoms with Crippen LogP contribution in [0.25, 0.3) is 0 Å². The summed E-state index contributed by atoms with van der Waals surface area (Å²) in [6.45, 7) is 0. The van der Waals surface area contributed by atoms with E-state index in [9.17, 15) is 0 Å². The Morgan fingerprint density at radius 2 is 2.20 bits per heavy atom. The van der Waals surface area contributed by atoms with Gasteiger partial charge in [-0.2, -0.15) is 11.4 Å². The monoisotopic (exact) mass is 112 g/mol. The van der Waals surface area contributed by atoms with Crippen LogP contribution in [-0.2, 0) is 0 Å². The van der Waals surface area contributed by atoms with Crippen molar-refractivity contribution in [2.24, 2.45) is 0 Å². The first-order chi connectivity index (χ1) is 2.27. The van der Waals surface area contributed by atoms with Gasteiger partial charge in [-0.25, -0.2) is 0 Å². The molecule has 0 aromatic carbocycles. The first-order valence-corrected chi connectivity index (χ1v) is 2.80. The van der Waals surface area contributed by atoms with Crippen molar-refractivity contribution in [3.63, 3.8) is 0 Å². The van der Waals surface area contributed by atoms with Gasteiger partial charge in [-0.1, -0.05) is 11.6 Å². The van der Waals surface area contributed by atoms with Gasteiger partial charge in [-0.15, -0.1) is 0 Å². The molecule has 32 valence electrons. The number of hydrogen-bond acceptors (Lipinski definition) is 0. The molecule has 0 aliphatic heterocycles. The molecule has 1 N–H and O–H groups in total. The molecule has 0 fully saturated rings. The molecule has 0 aromatic rings. The van der Waals surface area contributed by atoms with Gasteiger partial charge in [0.05, 0.1) is 0 Å². The predicted molar refractivity (Wildman–Crippen MR) is 28.4 cm³/mol. The highest BCUT2D eigenvalue weighted by atomic mass is 35.5. The largest absolute Gasteiger partial charge is 0.346 e. The zero-order valence-electron chi connectivity index (χ0n) is 2.77. The fourth-order valence-corrected chi connectivity index (χ4v) is 0. The van der Waals surface area contributed by atoms with Gasteiger partial charge in [0.2, 0.25) is 0 Å². The van der Waals surface area contributed by atoms with Crippen molar-refractivity contribution < 1.29 is 5.11 Å². The molecule has 0 heterocycles. The van der Waals surface area contributed by atoms with E-state index in [2.05, 4.69) is 0 Å². The Kier molecular flexibility index (Phi) is 2.95. The van der Waals surface area contributed by atoms with Gasteiger partial charge >= 0.3 is 0 Å². The van der Waals surface area contributed by atoms with E-state index < -0.39 is 0 Å². The summed E-state index contributed by atoms with van der Waals surface area (Å²) in [4.78, 5) is 0. The highest BCUT2D eigenvalue weighted by molar-refractivity contribution is 7.99. The Morgan fingerprint density at radius 1 is 2.00 bits per heavy atom. The van der Waals surface area contributed by atoms with Crippen LogP contribution in [-0.4, -0.2) is 15.9 Å². The summed E-state index contributed by atoms with van der Waals surface area (Å²) in [7, 11) is 0. The van der Waals surface area contributed by atoms with E-state index in [1.54, 1.807) is 6.26 Å². The normalized spacial score (nSPS) is 13.8. The molecular weight excluding hydrogens is 108 g/mol. The average Bonchev–Trinajstić information content (AvgIpc) is 1.38. The fourth-order valence-electron chi connectivity index (χ4n) is 0. The summed E-state index contributed by atoms with van der Waals surface area (Å²) in [5.74, 6) is 0. The third kappa shape index (κ3) is 4.47. The summed E-state index contributed by atoms with van der Waals surface area (Å²) in [6, 6.07) is 0. The Balaban J connectivity index is 3.14. The number of thiol groups is 1. The van der Waals surface area contributed by atoms with Crippen LogP contribution in [0.15, 0.2) is 0 Å². The maximum atomic E-state index is 8.03. The number of aliphatic hydroxyl groups excluding tert-OH is 1. The summed E-state index contributed by atoms with van der Waals surface area (Å²) in [5, 5.41) is 8.03. The standard InChI is InChI=1S/C2H5ClOS/c1-5-2(3)4/h4-5H,1H3. The van der Waals surface area contributed by atoms with Crippen LogP contribution in [0.5, 0.6) is 0 Å². The van der Waals surface area contributed by atoms with Gasteiger partial charge in [0.25, 0.3) is 0 Å². The van der Waals surface area contributed by atoms with Crippen LogP contribution in [0.3, 0.4) is 0 Å². The second-order valence-electron chi connectivity index (χ2n) is 0.493. The molecule has 0 aliphatic rings. The molecule has 0 saturated heterocycles. The van der Waals surface area contributed by atoms with E-state index in [1.807, 2.05) is 0 Å². The molecule has 0 radical (unpaired) electrons. The van der Waals surface area contributed by atoms with Crippen LogP contribution in [0.4, 0.5) is 0 Å². The molecule has 5 heavy (non-hydrogen) atoms. The van der Waals surface area contributed by atoms with Crippen molar-refractivity contribution in [3.05, 3.63) is 0 Å². The zero-order valence-corrected chi connectivity index (χ0v) is 4.42. The van der Waals surface area contributed by atoms with Crippen LogP contribution < -0.4 is 0 Å². The van der Waals surface area contributed by atoms with Gasteiger partial charge in [0, 0.05) is 0 Å². The SMILES string of the molecule is C[SH]=C(O)Cl. The lowest BCUT2D eigenvalue weighted by Gasteiger charge is -1.70. The smallest absolute Gasteiger partial charge is 0.162 e. The van der Waals surface area contributed by atoms with Gasteiger partial charge in [0.15, 0.2) is 4.51 Å². The molecule has 1 nitrogen and oxygen atoms in total. The van der Waals surface area contributed by atoms with E-state index in [4.69, 9.17) is 16.7 Å². The maximum Gasteiger partial charge on any atom is 0.162 e. The first kappa shape index (κ1) is 5.47.